The van der Waals surface area contributed by atoms with Crippen molar-refractivity contribution in [1.29, 1.82) is 0 Å². The molecule has 26 heavy (non-hydrogen) atoms. The number of aryl methyl sites for hydroxylation is 2. The molecule has 6 nitrogen and oxygen atoms in total. The third-order valence-electron chi connectivity index (χ3n) is 4.16. The van der Waals surface area contributed by atoms with E-state index in [1.807, 2.05) is 25.1 Å². The molecule has 0 unspecified atom stereocenters. The normalized spacial score (nSPS) is 13.3. The molecule has 1 amide bonds. The maximum atomic E-state index is 12.3. The molecule has 0 bridgehead atoms. The van der Waals surface area contributed by atoms with Crippen LogP contribution in [0.25, 0.3) is 0 Å². The van der Waals surface area contributed by atoms with E-state index in [1.165, 1.54) is 12.1 Å². The molecule has 0 aliphatic carbocycles. The lowest BCUT2D eigenvalue weighted by Crippen LogP contribution is -2.16. The Morgan fingerprint density at radius 2 is 1.81 bits per heavy atom. The first-order valence-corrected chi connectivity index (χ1v) is 10.2. The largest absolute Gasteiger partial charge is 0.486 e. The number of hydrogen-bond donors (Lipinski definition) is 1. The minimum Gasteiger partial charge on any atom is -0.486 e. The lowest BCUT2D eigenvalue weighted by atomic mass is 10.1. The first-order valence-electron chi connectivity index (χ1n) is 8.32. The standard InChI is InChI=1S/C19H21NO5S/c1-13-3-6-15(26(2,22)23)12-16(13)20-19(21)8-5-14-4-7-17-18(11-14)25-10-9-24-17/h3-4,6-7,11-12H,5,8-10H2,1-2H3,(H,20,21). The van der Waals surface area contributed by atoms with Crippen LogP contribution in [0.4, 0.5) is 5.69 Å². The molecule has 0 radical (unpaired) electrons. The Bertz CT molecular complexity index is 937. The molecule has 0 atom stereocenters. The third-order valence-corrected chi connectivity index (χ3v) is 5.27. The van der Waals surface area contributed by atoms with E-state index < -0.39 is 9.84 Å². The van der Waals surface area contributed by atoms with Crippen molar-refractivity contribution in [2.24, 2.45) is 0 Å². The number of benzene rings is 2. The molecular formula is C19H21NO5S. The maximum absolute atomic E-state index is 12.3. The minimum absolute atomic E-state index is 0.173. The molecule has 1 aliphatic rings. The van der Waals surface area contributed by atoms with Crippen LogP contribution in [0.3, 0.4) is 0 Å². The highest BCUT2D eigenvalue weighted by Gasteiger charge is 2.14. The Hall–Kier alpha value is -2.54. The molecule has 138 valence electrons. The number of rotatable bonds is 5. The first kappa shape index (κ1) is 18.3. The smallest absolute Gasteiger partial charge is 0.224 e. The minimum atomic E-state index is -3.32. The molecule has 0 spiro atoms. The van der Waals surface area contributed by atoms with E-state index in [4.69, 9.17) is 9.47 Å². The van der Waals surface area contributed by atoms with Crippen LogP contribution in [0.5, 0.6) is 11.5 Å². The van der Waals surface area contributed by atoms with E-state index in [0.29, 0.717) is 31.1 Å². The van der Waals surface area contributed by atoms with Gasteiger partial charge in [0.15, 0.2) is 21.3 Å². The highest BCUT2D eigenvalue weighted by molar-refractivity contribution is 7.90. The predicted molar refractivity (Wildman–Crippen MR) is 98.7 cm³/mol. The summed E-state index contributed by atoms with van der Waals surface area (Å²) in [7, 11) is -3.32. The fraction of sp³-hybridized carbons (Fsp3) is 0.316. The average molecular weight is 375 g/mol. The highest BCUT2D eigenvalue weighted by atomic mass is 32.2. The van der Waals surface area contributed by atoms with Gasteiger partial charge in [-0.2, -0.15) is 0 Å². The Kier molecular flexibility index (Phi) is 5.18. The number of hydrogen-bond acceptors (Lipinski definition) is 5. The zero-order valence-corrected chi connectivity index (χ0v) is 15.6. The van der Waals surface area contributed by atoms with Crippen molar-refractivity contribution in [2.45, 2.75) is 24.7 Å². The van der Waals surface area contributed by atoms with Crippen LogP contribution >= 0.6 is 0 Å². The lowest BCUT2D eigenvalue weighted by Gasteiger charge is -2.18. The zero-order chi connectivity index (χ0) is 18.7. The zero-order valence-electron chi connectivity index (χ0n) is 14.7. The van der Waals surface area contributed by atoms with E-state index in [2.05, 4.69) is 5.32 Å². The van der Waals surface area contributed by atoms with E-state index in [0.717, 1.165) is 23.1 Å². The molecule has 2 aromatic carbocycles. The molecule has 1 heterocycles. The fourth-order valence-corrected chi connectivity index (χ4v) is 3.33. The second kappa shape index (κ2) is 7.37. The maximum Gasteiger partial charge on any atom is 0.224 e. The number of fused-ring (bicyclic) bond motifs is 1. The van der Waals surface area contributed by atoms with Crippen molar-refractivity contribution in [2.75, 3.05) is 24.8 Å². The number of anilines is 1. The summed E-state index contributed by atoms with van der Waals surface area (Å²) in [6, 6.07) is 10.4. The van der Waals surface area contributed by atoms with Crippen LogP contribution in [0.2, 0.25) is 0 Å². The van der Waals surface area contributed by atoms with Gasteiger partial charge >= 0.3 is 0 Å². The number of nitrogens with one attached hydrogen (secondary N) is 1. The number of sulfone groups is 1. The molecule has 0 fully saturated rings. The van der Waals surface area contributed by atoms with Crippen molar-refractivity contribution in [1.82, 2.24) is 0 Å². The molecule has 2 aromatic rings. The van der Waals surface area contributed by atoms with E-state index in [9.17, 15) is 13.2 Å². The van der Waals surface area contributed by atoms with E-state index >= 15 is 0 Å². The van der Waals surface area contributed by atoms with Gasteiger partial charge in [-0.3, -0.25) is 4.79 Å². The summed E-state index contributed by atoms with van der Waals surface area (Å²) in [5, 5.41) is 2.80. The van der Waals surface area contributed by atoms with Gasteiger partial charge in [0.05, 0.1) is 4.90 Å². The number of carbonyl (C=O) groups excluding carboxylic acids is 1. The van der Waals surface area contributed by atoms with E-state index in [1.54, 1.807) is 6.07 Å². The summed E-state index contributed by atoms with van der Waals surface area (Å²) in [5.41, 5.74) is 2.30. The summed E-state index contributed by atoms with van der Waals surface area (Å²) >= 11 is 0. The quantitative estimate of drug-likeness (QED) is 0.869. The van der Waals surface area contributed by atoms with E-state index in [-0.39, 0.29) is 17.2 Å². The lowest BCUT2D eigenvalue weighted by molar-refractivity contribution is -0.116. The Morgan fingerprint density at radius 3 is 2.54 bits per heavy atom. The Morgan fingerprint density at radius 1 is 1.08 bits per heavy atom. The van der Waals surface area contributed by atoms with Gasteiger partial charge in [-0.05, 0) is 48.7 Å². The molecule has 0 aromatic heterocycles. The summed E-state index contributed by atoms with van der Waals surface area (Å²) in [4.78, 5) is 12.5. The van der Waals surface area contributed by atoms with Gasteiger partial charge in [0, 0.05) is 18.4 Å². The van der Waals surface area contributed by atoms with Crippen LogP contribution in [-0.2, 0) is 21.1 Å². The monoisotopic (exact) mass is 375 g/mol. The van der Waals surface area contributed by atoms with Gasteiger partial charge in [-0.25, -0.2) is 8.42 Å². The number of ether oxygens (including phenoxy) is 2. The van der Waals surface area contributed by atoms with Crippen molar-refractivity contribution in [3.8, 4) is 11.5 Å². The Balaban J connectivity index is 1.64. The van der Waals surface area contributed by atoms with Crippen LogP contribution in [0.15, 0.2) is 41.3 Å². The third kappa shape index (κ3) is 4.35. The van der Waals surface area contributed by atoms with Crippen LogP contribution in [0.1, 0.15) is 17.5 Å². The number of carbonyl (C=O) groups is 1. The number of amides is 1. The molecule has 1 N–H and O–H groups in total. The van der Waals surface area contributed by atoms with Gasteiger partial charge in [0.25, 0.3) is 0 Å². The molecule has 0 saturated heterocycles. The van der Waals surface area contributed by atoms with Gasteiger partial charge in [0.2, 0.25) is 5.91 Å². The van der Waals surface area contributed by atoms with Crippen molar-refractivity contribution in [3.05, 3.63) is 47.5 Å². The van der Waals surface area contributed by atoms with Gasteiger partial charge in [-0.15, -0.1) is 0 Å². The predicted octanol–water partition coefficient (Wildman–Crippen LogP) is 2.74. The highest BCUT2D eigenvalue weighted by Crippen LogP contribution is 2.31. The summed E-state index contributed by atoms with van der Waals surface area (Å²) in [5.74, 6) is 1.25. The topological polar surface area (TPSA) is 81.7 Å². The van der Waals surface area contributed by atoms with Crippen molar-refractivity contribution < 1.29 is 22.7 Å². The SMILES string of the molecule is Cc1ccc(S(C)(=O)=O)cc1NC(=O)CCc1ccc2c(c1)OCCO2. The second-order valence-corrected chi connectivity index (χ2v) is 8.29. The fourth-order valence-electron chi connectivity index (χ4n) is 2.68. The first-order chi connectivity index (χ1) is 12.3. The van der Waals surface area contributed by atoms with Crippen LogP contribution < -0.4 is 14.8 Å². The van der Waals surface area contributed by atoms with Crippen molar-refractivity contribution in [3.63, 3.8) is 0 Å². The second-order valence-electron chi connectivity index (χ2n) is 6.28. The van der Waals surface area contributed by atoms with Crippen LogP contribution in [0, 0.1) is 6.92 Å². The van der Waals surface area contributed by atoms with Crippen LogP contribution in [-0.4, -0.2) is 33.8 Å². The van der Waals surface area contributed by atoms with Gasteiger partial charge in [-0.1, -0.05) is 12.1 Å². The molecule has 3 rings (SSSR count). The van der Waals surface area contributed by atoms with Gasteiger partial charge in [0.1, 0.15) is 13.2 Å². The average Bonchev–Trinajstić information content (AvgIpc) is 2.60. The molecule has 0 saturated carbocycles. The summed E-state index contributed by atoms with van der Waals surface area (Å²) in [6.07, 6.45) is 1.97. The Labute approximate surface area is 153 Å². The summed E-state index contributed by atoms with van der Waals surface area (Å²) in [6.45, 7) is 2.88. The van der Waals surface area contributed by atoms with Gasteiger partial charge < -0.3 is 14.8 Å². The molecular weight excluding hydrogens is 354 g/mol. The summed E-state index contributed by atoms with van der Waals surface area (Å²) < 4.78 is 34.4. The molecule has 1 aliphatic heterocycles. The molecule has 7 heteroatoms. The van der Waals surface area contributed by atoms with Crippen molar-refractivity contribution >= 4 is 21.4 Å².